The van der Waals surface area contributed by atoms with Crippen molar-refractivity contribution in [2.45, 2.75) is 25.9 Å². The van der Waals surface area contributed by atoms with E-state index in [1.54, 1.807) is 6.92 Å². The highest BCUT2D eigenvalue weighted by Crippen LogP contribution is 2.29. The van der Waals surface area contributed by atoms with Gasteiger partial charge < -0.3 is 15.2 Å². The molecule has 5 heteroatoms. The number of hydrogen-bond acceptors (Lipinski definition) is 3. The Kier molecular flexibility index (Phi) is 5.20. The summed E-state index contributed by atoms with van der Waals surface area (Å²) in [6, 6.07) is 5.72. The third kappa shape index (κ3) is 4.08. The highest BCUT2D eigenvalue weighted by atomic mass is 79.9. The Morgan fingerprint density at radius 2 is 2.35 bits per heavy atom. The lowest BCUT2D eigenvalue weighted by atomic mass is 10.1. The van der Waals surface area contributed by atoms with Crippen molar-refractivity contribution < 1.29 is 14.6 Å². The number of benzene rings is 1. The first-order chi connectivity index (χ1) is 9.56. The number of hydrogen-bond donors (Lipinski definition) is 2. The van der Waals surface area contributed by atoms with Gasteiger partial charge >= 0.3 is 0 Å². The fourth-order valence-electron chi connectivity index (χ4n) is 1.99. The molecule has 0 radical (unpaired) electrons. The monoisotopic (exact) mass is 339 g/mol. The normalized spacial score (nSPS) is 14.8. The molecule has 0 saturated heterocycles. The molecule has 4 nitrogen and oxygen atoms in total. The van der Waals surface area contributed by atoms with Crippen LogP contribution in [0.3, 0.4) is 0 Å². The summed E-state index contributed by atoms with van der Waals surface area (Å²) in [7, 11) is 0. The average molecular weight is 340 g/mol. The Morgan fingerprint density at radius 1 is 1.55 bits per heavy atom. The Morgan fingerprint density at radius 3 is 3.10 bits per heavy atom. The minimum atomic E-state index is -0.326. The summed E-state index contributed by atoms with van der Waals surface area (Å²) in [6.45, 7) is 2.59. The number of carbonyl (C=O) groups excluding carboxylic acids is 1. The summed E-state index contributed by atoms with van der Waals surface area (Å²) in [5.41, 5.74) is 1.52. The topological polar surface area (TPSA) is 58.6 Å². The van der Waals surface area contributed by atoms with Gasteiger partial charge in [-0.25, -0.2) is 0 Å². The molecule has 2 rings (SSSR count). The fraction of sp³-hybridized carbons (Fsp3) is 0.400. The SMILES string of the molecule is CC(O)CCCNC(=O)C1=Cc2cc(Br)ccc2OC1. The van der Waals surface area contributed by atoms with Gasteiger partial charge in [-0.05, 0) is 44.0 Å². The molecule has 0 spiro atoms. The van der Waals surface area contributed by atoms with Gasteiger partial charge in [0.05, 0.1) is 11.7 Å². The Labute approximate surface area is 127 Å². The fourth-order valence-corrected chi connectivity index (χ4v) is 2.37. The average Bonchev–Trinajstić information content (AvgIpc) is 2.42. The highest BCUT2D eigenvalue weighted by Gasteiger charge is 2.17. The van der Waals surface area contributed by atoms with Gasteiger partial charge in [0, 0.05) is 16.6 Å². The van der Waals surface area contributed by atoms with Crippen molar-refractivity contribution in [1.82, 2.24) is 5.32 Å². The summed E-state index contributed by atoms with van der Waals surface area (Å²) < 4.78 is 6.52. The first-order valence-corrected chi connectivity index (χ1v) is 7.45. The van der Waals surface area contributed by atoms with Crippen molar-refractivity contribution in [3.8, 4) is 5.75 Å². The van der Waals surface area contributed by atoms with Gasteiger partial charge in [0.1, 0.15) is 12.4 Å². The van der Waals surface area contributed by atoms with Crippen LogP contribution < -0.4 is 10.1 Å². The molecule has 1 heterocycles. The van der Waals surface area contributed by atoms with E-state index in [9.17, 15) is 4.79 Å². The van der Waals surface area contributed by atoms with Crippen LogP contribution in [0.1, 0.15) is 25.3 Å². The molecule has 0 fully saturated rings. The van der Waals surface area contributed by atoms with Crippen LogP contribution in [-0.4, -0.2) is 30.3 Å². The maximum Gasteiger partial charge on any atom is 0.250 e. The lowest BCUT2D eigenvalue weighted by Crippen LogP contribution is -2.29. The van der Waals surface area contributed by atoms with Crippen LogP contribution in [0.5, 0.6) is 5.75 Å². The Balaban J connectivity index is 1.94. The van der Waals surface area contributed by atoms with Crippen molar-refractivity contribution in [3.63, 3.8) is 0 Å². The number of amides is 1. The van der Waals surface area contributed by atoms with E-state index in [1.165, 1.54) is 0 Å². The summed E-state index contributed by atoms with van der Waals surface area (Å²) in [5.74, 6) is 0.681. The smallest absolute Gasteiger partial charge is 0.250 e. The predicted molar refractivity (Wildman–Crippen MR) is 81.5 cm³/mol. The van der Waals surface area contributed by atoms with Crippen molar-refractivity contribution in [3.05, 3.63) is 33.8 Å². The van der Waals surface area contributed by atoms with Gasteiger partial charge in [0.25, 0.3) is 5.91 Å². The highest BCUT2D eigenvalue weighted by molar-refractivity contribution is 9.10. The molecular weight excluding hydrogens is 322 g/mol. The molecule has 0 aliphatic carbocycles. The molecular formula is C15H18BrNO3. The van der Waals surface area contributed by atoms with Crippen LogP contribution >= 0.6 is 15.9 Å². The van der Waals surface area contributed by atoms with Crippen LogP contribution in [0.25, 0.3) is 6.08 Å². The van der Waals surface area contributed by atoms with Gasteiger partial charge in [0.15, 0.2) is 0 Å². The lowest BCUT2D eigenvalue weighted by Gasteiger charge is -2.18. The van der Waals surface area contributed by atoms with Gasteiger partial charge in [0.2, 0.25) is 0 Å². The van der Waals surface area contributed by atoms with E-state index in [0.29, 0.717) is 18.5 Å². The molecule has 0 bridgehead atoms. The lowest BCUT2D eigenvalue weighted by molar-refractivity contribution is -0.117. The maximum absolute atomic E-state index is 12.0. The molecule has 1 aliphatic heterocycles. The molecule has 0 saturated carbocycles. The quantitative estimate of drug-likeness (QED) is 0.810. The van der Waals surface area contributed by atoms with Gasteiger partial charge in [-0.1, -0.05) is 15.9 Å². The van der Waals surface area contributed by atoms with Gasteiger partial charge in [-0.15, -0.1) is 0 Å². The summed E-state index contributed by atoms with van der Waals surface area (Å²) in [4.78, 5) is 12.0. The van der Waals surface area contributed by atoms with Crippen LogP contribution in [0.2, 0.25) is 0 Å². The van der Waals surface area contributed by atoms with Gasteiger partial charge in [-0.2, -0.15) is 0 Å². The molecule has 108 valence electrons. The van der Waals surface area contributed by atoms with E-state index in [1.807, 2.05) is 24.3 Å². The van der Waals surface area contributed by atoms with Crippen LogP contribution in [0, 0.1) is 0 Å². The molecule has 1 aliphatic rings. The van der Waals surface area contributed by atoms with E-state index in [0.717, 1.165) is 22.2 Å². The third-order valence-electron chi connectivity index (χ3n) is 3.06. The molecule has 20 heavy (non-hydrogen) atoms. The zero-order chi connectivity index (χ0) is 14.5. The van der Waals surface area contributed by atoms with E-state index in [2.05, 4.69) is 21.2 Å². The Bertz CT molecular complexity index is 526. The largest absolute Gasteiger partial charge is 0.488 e. The summed E-state index contributed by atoms with van der Waals surface area (Å²) in [6.07, 6.45) is 2.98. The van der Waals surface area contributed by atoms with Crippen LogP contribution in [0.15, 0.2) is 28.2 Å². The van der Waals surface area contributed by atoms with E-state index in [-0.39, 0.29) is 18.6 Å². The second-order valence-electron chi connectivity index (χ2n) is 4.89. The number of fused-ring (bicyclic) bond motifs is 1. The summed E-state index contributed by atoms with van der Waals surface area (Å²) in [5, 5.41) is 12.0. The third-order valence-corrected chi connectivity index (χ3v) is 3.55. The number of ether oxygens (including phenoxy) is 1. The second kappa shape index (κ2) is 6.90. The number of nitrogens with one attached hydrogen (secondary N) is 1. The van der Waals surface area contributed by atoms with Gasteiger partial charge in [-0.3, -0.25) is 4.79 Å². The molecule has 0 aromatic heterocycles. The molecule has 1 aromatic rings. The van der Waals surface area contributed by atoms with E-state index in [4.69, 9.17) is 9.84 Å². The van der Waals surface area contributed by atoms with Crippen molar-refractivity contribution in [2.24, 2.45) is 0 Å². The number of rotatable bonds is 5. The zero-order valence-electron chi connectivity index (χ0n) is 11.4. The number of aliphatic hydroxyl groups is 1. The van der Waals surface area contributed by atoms with Crippen LogP contribution in [0.4, 0.5) is 0 Å². The molecule has 1 atom stereocenters. The minimum absolute atomic E-state index is 0.110. The number of halogens is 1. The number of carbonyl (C=O) groups is 1. The standard InChI is InChI=1S/C15H18BrNO3/c1-10(18)3-2-6-17-15(19)12-7-11-8-13(16)4-5-14(11)20-9-12/h4-5,7-8,10,18H,2-3,6,9H2,1H3,(H,17,19). The molecule has 2 N–H and O–H groups in total. The minimum Gasteiger partial charge on any atom is -0.488 e. The first kappa shape index (κ1) is 15.1. The maximum atomic E-state index is 12.0. The summed E-state index contributed by atoms with van der Waals surface area (Å²) >= 11 is 3.40. The number of aliphatic hydroxyl groups excluding tert-OH is 1. The predicted octanol–water partition coefficient (Wildman–Crippen LogP) is 2.50. The molecule has 1 aromatic carbocycles. The molecule has 1 unspecified atom stereocenters. The van der Waals surface area contributed by atoms with Crippen molar-refractivity contribution in [1.29, 1.82) is 0 Å². The van der Waals surface area contributed by atoms with E-state index >= 15 is 0 Å². The van der Waals surface area contributed by atoms with E-state index < -0.39 is 0 Å². The second-order valence-corrected chi connectivity index (χ2v) is 5.80. The van der Waals surface area contributed by atoms with Crippen molar-refractivity contribution >= 4 is 27.9 Å². The first-order valence-electron chi connectivity index (χ1n) is 6.65. The zero-order valence-corrected chi connectivity index (χ0v) is 12.9. The Hall–Kier alpha value is -1.33. The van der Waals surface area contributed by atoms with Crippen LogP contribution in [-0.2, 0) is 4.79 Å². The molecule has 1 amide bonds. The van der Waals surface area contributed by atoms with Crippen molar-refractivity contribution in [2.75, 3.05) is 13.2 Å².